The van der Waals surface area contributed by atoms with Crippen LogP contribution >= 0.6 is 0 Å². The Morgan fingerprint density at radius 2 is 1.73 bits per heavy atom. The first kappa shape index (κ1) is 24.3. The van der Waals surface area contributed by atoms with Crippen LogP contribution in [0.5, 0.6) is 5.75 Å². The molecule has 0 unspecified atom stereocenters. The molecule has 0 spiro atoms. The van der Waals surface area contributed by atoms with Crippen molar-refractivity contribution in [1.82, 2.24) is 4.31 Å². The number of hydrogen-bond acceptors (Lipinski definition) is 4. The van der Waals surface area contributed by atoms with E-state index in [1.165, 1.54) is 18.2 Å². The Hall–Kier alpha value is -3.30. The highest BCUT2D eigenvalue weighted by atomic mass is 32.2. The van der Waals surface area contributed by atoms with Crippen molar-refractivity contribution in [2.75, 3.05) is 18.5 Å². The van der Waals surface area contributed by atoms with Crippen LogP contribution in [-0.4, -0.2) is 31.8 Å². The van der Waals surface area contributed by atoms with Gasteiger partial charge in [0.1, 0.15) is 5.75 Å². The van der Waals surface area contributed by atoms with Gasteiger partial charge >= 0.3 is 0 Å². The number of hydrogen-bond donors (Lipinski definition) is 1. The molecule has 1 amide bonds. The molecule has 0 aliphatic heterocycles. The zero-order valence-corrected chi connectivity index (χ0v) is 19.0. The van der Waals surface area contributed by atoms with Gasteiger partial charge in [-0.1, -0.05) is 30.3 Å². The van der Waals surface area contributed by atoms with Crippen molar-refractivity contribution < 1.29 is 26.7 Å². The van der Waals surface area contributed by atoms with Gasteiger partial charge in [-0.3, -0.25) is 4.79 Å². The molecule has 0 saturated heterocycles. The Bertz CT molecular complexity index is 1230. The summed E-state index contributed by atoms with van der Waals surface area (Å²) in [6.07, 6.45) is 0. The highest BCUT2D eigenvalue weighted by molar-refractivity contribution is 7.89. The standard InChI is InChI=1S/C24H24F2N2O4S/c1-3-32-23-12-10-20(13-17(23)2)33(30,31)28(15-18-7-5-4-6-8-18)16-24(29)27-19-9-11-21(25)22(26)14-19/h4-14H,3,15-16H2,1-2H3,(H,27,29). The van der Waals surface area contributed by atoms with Gasteiger partial charge in [0.15, 0.2) is 11.6 Å². The molecule has 0 bridgehead atoms. The Labute approximate surface area is 191 Å². The largest absolute Gasteiger partial charge is 0.494 e. The summed E-state index contributed by atoms with van der Waals surface area (Å²) in [6.45, 7) is 3.43. The average molecular weight is 475 g/mol. The van der Waals surface area contributed by atoms with Gasteiger partial charge in [0.2, 0.25) is 15.9 Å². The molecule has 3 rings (SSSR count). The van der Waals surface area contributed by atoms with Crippen molar-refractivity contribution in [3.05, 3.63) is 89.5 Å². The summed E-state index contributed by atoms with van der Waals surface area (Å²) in [5, 5.41) is 2.42. The maximum Gasteiger partial charge on any atom is 0.243 e. The fourth-order valence-electron chi connectivity index (χ4n) is 3.20. The maximum absolute atomic E-state index is 13.5. The number of carbonyl (C=O) groups excluding carboxylic acids is 1. The normalized spacial score (nSPS) is 11.4. The smallest absolute Gasteiger partial charge is 0.243 e. The molecular weight excluding hydrogens is 450 g/mol. The minimum Gasteiger partial charge on any atom is -0.494 e. The number of nitrogens with zero attached hydrogens (tertiary/aromatic N) is 1. The van der Waals surface area contributed by atoms with E-state index in [1.54, 1.807) is 43.3 Å². The summed E-state index contributed by atoms with van der Waals surface area (Å²) < 4.78 is 60.0. The molecule has 174 valence electrons. The van der Waals surface area contributed by atoms with Crippen LogP contribution in [0.15, 0.2) is 71.6 Å². The van der Waals surface area contributed by atoms with Crippen molar-refractivity contribution in [1.29, 1.82) is 0 Å². The van der Waals surface area contributed by atoms with Crippen LogP contribution in [0.25, 0.3) is 0 Å². The van der Waals surface area contributed by atoms with Crippen molar-refractivity contribution in [3.8, 4) is 5.75 Å². The molecule has 0 aliphatic carbocycles. The predicted octanol–water partition coefficient (Wildman–Crippen LogP) is 4.50. The van der Waals surface area contributed by atoms with Crippen molar-refractivity contribution in [2.45, 2.75) is 25.3 Å². The second kappa shape index (κ2) is 10.5. The van der Waals surface area contributed by atoms with Crippen molar-refractivity contribution in [2.24, 2.45) is 0 Å². The first-order valence-corrected chi connectivity index (χ1v) is 11.7. The van der Waals surface area contributed by atoms with Crippen LogP contribution < -0.4 is 10.1 Å². The van der Waals surface area contributed by atoms with Crippen LogP contribution in [0.3, 0.4) is 0 Å². The Kier molecular flexibility index (Phi) is 7.78. The first-order chi connectivity index (χ1) is 15.7. The Balaban J connectivity index is 1.89. The van der Waals surface area contributed by atoms with Gasteiger partial charge in [-0.25, -0.2) is 17.2 Å². The first-order valence-electron chi connectivity index (χ1n) is 10.2. The van der Waals surface area contributed by atoms with E-state index < -0.39 is 34.1 Å². The van der Waals surface area contributed by atoms with E-state index in [0.717, 1.165) is 16.4 Å². The number of ether oxygens (including phenoxy) is 1. The van der Waals surface area contributed by atoms with E-state index in [4.69, 9.17) is 4.74 Å². The molecule has 0 saturated carbocycles. The van der Waals surface area contributed by atoms with Gasteiger partial charge in [-0.05, 0) is 55.3 Å². The van der Waals surface area contributed by atoms with Gasteiger partial charge in [-0.2, -0.15) is 4.31 Å². The van der Waals surface area contributed by atoms with Crippen molar-refractivity contribution >= 4 is 21.6 Å². The molecule has 0 aromatic heterocycles. The lowest BCUT2D eigenvalue weighted by atomic mass is 10.2. The van der Waals surface area contributed by atoms with E-state index in [9.17, 15) is 22.0 Å². The highest BCUT2D eigenvalue weighted by Gasteiger charge is 2.27. The summed E-state index contributed by atoms with van der Waals surface area (Å²) in [7, 11) is -4.07. The molecule has 0 atom stereocenters. The van der Waals surface area contributed by atoms with Crippen LogP contribution in [0.1, 0.15) is 18.1 Å². The molecule has 3 aromatic rings. The minimum absolute atomic E-state index is 0.0139. The number of amides is 1. The molecular formula is C24H24F2N2O4S. The summed E-state index contributed by atoms with van der Waals surface area (Å²) in [5.41, 5.74) is 1.35. The monoisotopic (exact) mass is 474 g/mol. The minimum atomic E-state index is -4.07. The summed E-state index contributed by atoms with van der Waals surface area (Å²) >= 11 is 0. The number of aryl methyl sites for hydroxylation is 1. The summed E-state index contributed by atoms with van der Waals surface area (Å²) in [4.78, 5) is 12.7. The summed E-state index contributed by atoms with van der Waals surface area (Å²) in [5.74, 6) is -2.29. The average Bonchev–Trinajstić information content (AvgIpc) is 2.78. The predicted molar refractivity (Wildman–Crippen MR) is 121 cm³/mol. The zero-order valence-electron chi connectivity index (χ0n) is 18.2. The lowest BCUT2D eigenvalue weighted by Gasteiger charge is -2.22. The molecule has 3 aromatic carbocycles. The Morgan fingerprint density at radius 1 is 1.00 bits per heavy atom. The van der Waals surface area contributed by atoms with Crippen LogP contribution in [0, 0.1) is 18.6 Å². The quantitative estimate of drug-likeness (QED) is 0.496. The molecule has 6 nitrogen and oxygen atoms in total. The second-order valence-corrected chi connectivity index (χ2v) is 9.23. The number of carbonyl (C=O) groups is 1. The van der Waals surface area contributed by atoms with Gasteiger partial charge in [0, 0.05) is 18.3 Å². The fraction of sp³-hybridized carbons (Fsp3) is 0.208. The number of nitrogens with one attached hydrogen (secondary N) is 1. The molecule has 0 heterocycles. The molecule has 0 fully saturated rings. The van der Waals surface area contributed by atoms with Gasteiger partial charge < -0.3 is 10.1 Å². The number of sulfonamides is 1. The maximum atomic E-state index is 13.5. The van der Waals surface area contributed by atoms with Crippen LogP contribution in [0.2, 0.25) is 0 Å². The van der Waals surface area contributed by atoms with Gasteiger partial charge in [0.05, 0.1) is 18.0 Å². The van der Waals surface area contributed by atoms with Gasteiger partial charge in [0.25, 0.3) is 0 Å². The lowest BCUT2D eigenvalue weighted by Crippen LogP contribution is -2.37. The van der Waals surface area contributed by atoms with Crippen molar-refractivity contribution in [3.63, 3.8) is 0 Å². The molecule has 9 heteroatoms. The van der Waals surface area contributed by atoms with E-state index in [1.807, 2.05) is 6.92 Å². The van der Waals surface area contributed by atoms with E-state index in [0.29, 0.717) is 23.5 Å². The number of benzene rings is 3. The molecule has 0 radical (unpaired) electrons. The summed E-state index contributed by atoms with van der Waals surface area (Å²) in [6, 6.07) is 16.2. The van der Waals surface area contributed by atoms with Gasteiger partial charge in [-0.15, -0.1) is 0 Å². The van der Waals surface area contributed by atoms with E-state index in [2.05, 4.69) is 5.32 Å². The molecule has 0 aliphatic rings. The third kappa shape index (κ3) is 6.15. The highest BCUT2D eigenvalue weighted by Crippen LogP contribution is 2.25. The zero-order chi connectivity index (χ0) is 24.0. The second-order valence-electron chi connectivity index (χ2n) is 7.30. The SMILES string of the molecule is CCOc1ccc(S(=O)(=O)N(CC(=O)Nc2ccc(F)c(F)c2)Cc2ccccc2)cc1C. The number of anilines is 1. The lowest BCUT2D eigenvalue weighted by molar-refractivity contribution is -0.116. The van der Waals surface area contributed by atoms with Crippen LogP contribution in [-0.2, 0) is 21.4 Å². The third-order valence-electron chi connectivity index (χ3n) is 4.81. The molecule has 33 heavy (non-hydrogen) atoms. The van der Waals surface area contributed by atoms with E-state index in [-0.39, 0.29) is 17.1 Å². The van der Waals surface area contributed by atoms with Crippen LogP contribution in [0.4, 0.5) is 14.5 Å². The van der Waals surface area contributed by atoms with E-state index >= 15 is 0 Å². The topological polar surface area (TPSA) is 75.7 Å². The molecule has 1 N–H and O–H groups in total. The number of halogens is 2. The third-order valence-corrected chi connectivity index (χ3v) is 6.60. The number of rotatable bonds is 9. The Morgan fingerprint density at radius 3 is 2.36 bits per heavy atom. The fourth-order valence-corrected chi connectivity index (χ4v) is 4.67.